The zero-order valence-electron chi connectivity index (χ0n) is 22.6. The van der Waals surface area contributed by atoms with Crippen LogP contribution in [0.25, 0.3) is 0 Å². The van der Waals surface area contributed by atoms with E-state index in [-0.39, 0.29) is 226 Å². The Hall–Kier alpha value is 5.89. The molecule has 0 aromatic rings. The van der Waals surface area contributed by atoms with E-state index in [1.54, 1.807) is 0 Å². The van der Waals surface area contributed by atoms with Crippen LogP contribution in [-0.2, 0) is 9.59 Å². The zero-order valence-corrected chi connectivity index (χ0v) is 22.6. The molecule has 0 aromatic carbocycles. The molecular weight excluding hydrogens is 419 g/mol. The maximum Gasteiger partial charge on any atom is 1.00 e. The van der Waals surface area contributed by atoms with Crippen LogP contribution in [0.4, 0.5) is 0 Å². The van der Waals surface area contributed by atoms with Crippen molar-refractivity contribution in [3.05, 3.63) is 0 Å². The smallest absolute Gasteiger partial charge is 0.907 e. The first kappa shape index (κ1) is 114. The Bertz CT molecular complexity index is 229. The number of carbonyl (C=O) groups is 2. The fraction of sp³-hybridized carbons (Fsp3) is 0.333. The molecule has 0 saturated carbocycles. The fourth-order valence-corrected chi connectivity index (χ4v) is 0.129. The second kappa shape index (κ2) is 97.4. The second-order valence-electron chi connectivity index (χ2n) is 2.12. The number of carboxylic acid groups (broad SMARTS) is 2. The summed E-state index contributed by atoms with van der Waals surface area (Å²) in [5.74, 6) is -2.62. The molecular formula is C3H4B4Li12O16. The summed E-state index contributed by atoms with van der Waals surface area (Å²) in [7, 11) is -11.7. The van der Waals surface area contributed by atoms with Crippen LogP contribution in [0.15, 0.2) is 0 Å². The number of rotatable bonds is 2. The molecule has 0 rings (SSSR count). The van der Waals surface area contributed by atoms with Crippen LogP contribution in [0.3, 0.4) is 0 Å². The summed E-state index contributed by atoms with van der Waals surface area (Å²) in [6.45, 7) is 0. The number of aliphatic carboxylic acids is 2. The first-order valence-corrected chi connectivity index (χ1v) is 4.39. The largest absolute Gasteiger partial charge is 1.00 e. The number of carboxylic acids is 2. The minimum absolute atomic E-state index is 0. The Morgan fingerprint density at radius 3 is 0.429 bits per heavy atom. The van der Waals surface area contributed by atoms with Crippen molar-refractivity contribution in [3.63, 3.8) is 0 Å². The Kier molecular flexibility index (Phi) is 317. The SMILES string of the molecule is O=C(O)CC(=O)O.[Li+].[Li+].[Li+].[Li+].[Li+].[Li+].[Li+].[Li+].[Li+].[Li+].[Li+].[Li+].[O-]B([O-])[O-].[O-]B([O-])[O-].[O-]B([O-])[O-].[O-]B([O-])[O-]. The Morgan fingerprint density at radius 2 is 0.429 bits per heavy atom. The van der Waals surface area contributed by atoms with E-state index in [0.717, 1.165) is 0 Å². The van der Waals surface area contributed by atoms with Gasteiger partial charge in [0.1, 0.15) is 6.42 Å². The normalized spacial score (nSPS) is 4.69. The third-order valence-electron chi connectivity index (χ3n) is 0.302. The number of hydrogen-bond donors (Lipinski definition) is 2. The van der Waals surface area contributed by atoms with Gasteiger partial charge in [-0.1, -0.05) is 0 Å². The van der Waals surface area contributed by atoms with Gasteiger partial charge in [0, 0.05) is 0 Å². The van der Waals surface area contributed by atoms with Gasteiger partial charge in [-0.25, -0.2) is 0 Å². The number of hydrogen-bond acceptors (Lipinski definition) is 14. The molecule has 0 atom stereocenters. The average molecular weight is 423 g/mol. The average Bonchev–Trinajstić information content (AvgIpc) is 2.09. The second-order valence-corrected chi connectivity index (χ2v) is 2.12. The molecule has 0 spiro atoms. The van der Waals surface area contributed by atoms with Crippen LogP contribution in [0.2, 0.25) is 0 Å². The van der Waals surface area contributed by atoms with Crippen molar-refractivity contribution in [3.8, 4) is 0 Å². The van der Waals surface area contributed by atoms with Gasteiger partial charge in [-0.15, -0.1) is 0 Å². The fourth-order valence-electron chi connectivity index (χ4n) is 0.129. The molecule has 16 nitrogen and oxygen atoms in total. The van der Waals surface area contributed by atoms with E-state index in [9.17, 15) is 9.59 Å². The molecule has 0 bridgehead atoms. The van der Waals surface area contributed by atoms with Crippen molar-refractivity contribution in [2.45, 2.75) is 6.42 Å². The summed E-state index contributed by atoms with van der Waals surface area (Å²) in [6, 6.07) is 0. The van der Waals surface area contributed by atoms with Gasteiger partial charge in [-0.3, -0.25) is 38.9 Å². The van der Waals surface area contributed by atoms with Gasteiger partial charge in [0.2, 0.25) is 0 Å². The van der Waals surface area contributed by atoms with Crippen molar-refractivity contribution < 1.29 is 306 Å². The van der Waals surface area contributed by atoms with Gasteiger partial charge in [-0.05, 0) is 0 Å². The standard InChI is InChI=1S/C3H4O4.4BO3.12Li/c4-2(5)1-3(6)7;4*2-1(3)4;;;;;;;;;;;;/h1H2,(H,4,5)(H,6,7);;;;;;;;;;;;;;;;/q;4*-3;12*+1. The van der Waals surface area contributed by atoms with E-state index in [1.165, 1.54) is 0 Å². The first-order chi connectivity index (χ1) is 10.1. The summed E-state index contributed by atoms with van der Waals surface area (Å²) < 4.78 is 0. The van der Waals surface area contributed by atoms with Crippen LogP contribution in [-0.4, -0.2) is 51.4 Å². The molecule has 32 heteroatoms. The summed E-state index contributed by atoms with van der Waals surface area (Å²) >= 11 is 0. The van der Waals surface area contributed by atoms with Gasteiger partial charge in [0.25, 0.3) is 0 Å². The van der Waals surface area contributed by atoms with Gasteiger partial charge >= 0.3 is 238 Å². The van der Waals surface area contributed by atoms with E-state index >= 15 is 0 Å². The molecule has 136 valence electrons. The predicted octanol–water partition coefficient (Wildman–Crippen LogP) is -52.2. The van der Waals surface area contributed by atoms with Crippen LogP contribution in [0, 0.1) is 0 Å². The Labute approximate surface area is 348 Å². The van der Waals surface area contributed by atoms with Gasteiger partial charge in [-0.2, -0.15) is 0 Å². The van der Waals surface area contributed by atoms with E-state index in [4.69, 9.17) is 70.5 Å². The van der Waals surface area contributed by atoms with Crippen LogP contribution in [0.5, 0.6) is 0 Å². The molecule has 0 saturated heterocycles. The van der Waals surface area contributed by atoms with E-state index < -0.39 is 47.6 Å². The zero-order chi connectivity index (χ0) is 20.2. The van der Waals surface area contributed by atoms with Gasteiger partial charge < -0.3 is 70.5 Å². The van der Waals surface area contributed by atoms with Crippen LogP contribution < -0.4 is 287 Å². The van der Waals surface area contributed by atoms with E-state index in [0.29, 0.717) is 0 Å². The van der Waals surface area contributed by atoms with Crippen LogP contribution >= 0.6 is 0 Å². The first-order valence-electron chi connectivity index (χ1n) is 4.39. The molecule has 0 amide bonds. The van der Waals surface area contributed by atoms with Crippen LogP contribution in [0.1, 0.15) is 6.42 Å². The molecule has 2 N–H and O–H groups in total. The Balaban J connectivity index is -0.00000000722. The van der Waals surface area contributed by atoms with E-state index in [1.807, 2.05) is 0 Å². The molecule has 0 radical (unpaired) electrons. The van der Waals surface area contributed by atoms with Gasteiger partial charge in [0.15, 0.2) is 0 Å². The van der Waals surface area contributed by atoms with Crippen molar-refractivity contribution in [1.82, 2.24) is 0 Å². The quantitative estimate of drug-likeness (QED) is 0.307. The summed E-state index contributed by atoms with van der Waals surface area (Å²) in [4.78, 5) is 18.9. The summed E-state index contributed by atoms with van der Waals surface area (Å²) in [5.41, 5.74) is 0. The van der Waals surface area contributed by atoms with E-state index in [2.05, 4.69) is 0 Å². The maximum absolute atomic E-state index is 9.43. The van der Waals surface area contributed by atoms with Gasteiger partial charge in [0.05, 0.1) is 0 Å². The van der Waals surface area contributed by atoms with Crippen molar-refractivity contribution >= 4 is 41.2 Å². The molecule has 0 aliphatic heterocycles. The van der Waals surface area contributed by atoms with Crippen molar-refractivity contribution in [1.29, 1.82) is 0 Å². The molecule has 0 unspecified atom stereocenters. The minimum Gasteiger partial charge on any atom is -0.907 e. The summed E-state index contributed by atoms with van der Waals surface area (Å²) in [5, 5.41) is 116. The minimum atomic E-state index is -2.92. The molecule has 0 fully saturated rings. The molecule has 0 aromatic heterocycles. The third-order valence-corrected chi connectivity index (χ3v) is 0.302. The monoisotopic (exact) mass is 424 g/mol. The van der Waals surface area contributed by atoms with Crippen molar-refractivity contribution in [2.75, 3.05) is 0 Å². The topological polar surface area (TPSA) is 351 Å². The van der Waals surface area contributed by atoms with Crippen molar-refractivity contribution in [2.24, 2.45) is 0 Å². The summed E-state index contributed by atoms with van der Waals surface area (Å²) in [6.07, 6.45) is -0.806. The Morgan fingerprint density at radius 1 is 0.371 bits per heavy atom. The third kappa shape index (κ3) is 586. The predicted molar refractivity (Wildman–Crippen MR) is 42.9 cm³/mol. The maximum atomic E-state index is 9.43. The molecule has 0 aliphatic rings. The molecule has 0 heterocycles. The molecule has 0 aliphatic carbocycles. The molecule has 35 heavy (non-hydrogen) atoms.